The van der Waals surface area contributed by atoms with E-state index in [2.05, 4.69) is 33.9 Å². The second-order valence-corrected chi connectivity index (χ2v) is 13.3. The molecule has 0 aromatic heterocycles. The van der Waals surface area contributed by atoms with E-state index in [1.807, 2.05) is 0 Å². The van der Waals surface area contributed by atoms with Crippen molar-refractivity contribution in [2.75, 3.05) is 12.9 Å². The molecule has 8 heteroatoms. The first-order chi connectivity index (χ1) is 8.82. The van der Waals surface area contributed by atoms with Crippen molar-refractivity contribution in [2.45, 2.75) is 63.5 Å². The average molecular weight is 320 g/mol. The molecule has 1 rings (SSSR count). The zero-order valence-corrected chi connectivity index (χ0v) is 15.0. The molecule has 0 aromatic carbocycles. The third-order valence-electron chi connectivity index (χ3n) is 3.93. The van der Waals surface area contributed by atoms with Crippen LogP contribution in [0.3, 0.4) is 0 Å². The van der Waals surface area contributed by atoms with Crippen LogP contribution in [-0.2, 0) is 23.5 Å². The van der Waals surface area contributed by atoms with Gasteiger partial charge in [-0.15, -0.1) is 0 Å². The summed E-state index contributed by atoms with van der Waals surface area (Å²) in [5.41, 5.74) is 0. The predicted octanol–water partition coefficient (Wildman–Crippen LogP) is 1.64. The maximum atomic E-state index is 11.1. The van der Waals surface area contributed by atoms with E-state index in [9.17, 15) is 8.42 Å². The monoisotopic (exact) mass is 320 g/mol. The first-order valence-corrected chi connectivity index (χ1v) is 11.5. The Labute approximate surface area is 125 Å². The molecule has 0 aliphatic carbocycles. The van der Waals surface area contributed by atoms with Gasteiger partial charge in [0.15, 0.2) is 8.32 Å². The maximum Gasteiger partial charge on any atom is 0.264 e. The van der Waals surface area contributed by atoms with Gasteiger partial charge >= 0.3 is 0 Å². The molecule has 0 amide bonds. The Bertz CT molecular complexity index is 432. The molecule has 0 spiro atoms. The summed E-state index contributed by atoms with van der Waals surface area (Å²) >= 11 is 0. The van der Waals surface area contributed by atoms with Crippen molar-refractivity contribution in [2.24, 2.45) is 0 Å². The summed E-state index contributed by atoms with van der Waals surface area (Å²) in [5, 5.41) is 0.0714. The van der Waals surface area contributed by atoms with E-state index in [4.69, 9.17) is 21.2 Å². The smallest absolute Gasteiger partial charge is 0.264 e. The van der Waals surface area contributed by atoms with Gasteiger partial charge in [-0.25, -0.2) is 0 Å². The first-order valence-electron chi connectivity index (χ1n) is 6.75. The summed E-state index contributed by atoms with van der Waals surface area (Å²) in [5.74, 6) is 0. The van der Waals surface area contributed by atoms with Gasteiger partial charge in [-0.2, -0.15) is 8.42 Å². The molecule has 5 nitrogen and oxygen atoms in total. The number of rotatable bonds is 5. The van der Waals surface area contributed by atoms with Crippen molar-refractivity contribution in [1.82, 2.24) is 0 Å². The van der Waals surface area contributed by atoms with Gasteiger partial charge in [0.2, 0.25) is 0 Å². The fraction of sp³-hybridized carbons (Fsp3) is 1.00. The molecule has 116 valence electrons. The van der Waals surface area contributed by atoms with Crippen LogP contribution in [0, 0.1) is 0 Å². The second-order valence-electron chi connectivity index (χ2n) is 6.85. The van der Waals surface area contributed by atoms with Crippen molar-refractivity contribution in [3.05, 3.63) is 0 Å². The second kappa shape index (κ2) is 6.08. The quantitative estimate of drug-likeness (QED) is 0.569. The standard InChI is InChI=1S/C12H25BO5SSi/c1-12(2,3)20(5,6)18-9-7-11(13)17-10(9)8-16-19(4,14)15/h9-11H,7-8H2,1-6H3/t9?,10-,11-/m1/s1. The van der Waals surface area contributed by atoms with Gasteiger partial charge in [0.1, 0.15) is 14.0 Å². The minimum Gasteiger partial charge on any atom is -0.411 e. The molecule has 0 aromatic rings. The molecule has 0 bridgehead atoms. The molecule has 0 saturated carbocycles. The van der Waals surface area contributed by atoms with E-state index in [1.54, 1.807) is 0 Å². The van der Waals surface area contributed by atoms with Crippen LogP contribution in [0.25, 0.3) is 0 Å². The first kappa shape index (κ1) is 18.2. The lowest BCUT2D eigenvalue weighted by atomic mass is 9.96. The highest BCUT2D eigenvalue weighted by atomic mass is 32.2. The van der Waals surface area contributed by atoms with Crippen LogP contribution in [0.2, 0.25) is 18.1 Å². The van der Waals surface area contributed by atoms with E-state index >= 15 is 0 Å². The van der Waals surface area contributed by atoms with Crippen LogP contribution < -0.4 is 0 Å². The fourth-order valence-corrected chi connectivity index (χ4v) is 3.50. The van der Waals surface area contributed by atoms with Crippen molar-refractivity contribution in [1.29, 1.82) is 0 Å². The normalized spacial score (nSPS) is 28.8. The van der Waals surface area contributed by atoms with Gasteiger partial charge in [-0.05, 0) is 24.6 Å². The predicted molar refractivity (Wildman–Crippen MR) is 81.9 cm³/mol. The van der Waals surface area contributed by atoms with Gasteiger partial charge in [0, 0.05) is 6.00 Å². The van der Waals surface area contributed by atoms with E-state index in [0.717, 1.165) is 6.26 Å². The Morgan fingerprint density at radius 3 is 2.35 bits per heavy atom. The summed E-state index contributed by atoms with van der Waals surface area (Å²) in [6.45, 7) is 10.7. The minimum atomic E-state index is -3.49. The van der Waals surface area contributed by atoms with Gasteiger partial charge in [-0.3, -0.25) is 4.18 Å². The van der Waals surface area contributed by atoms with Crippen LogP contribution in [0.4, 0.5) is 0 Å². The molecule has 1 aliphatic heterocycles. The molecule has 2 radical (unpaired) electrons. The van der Waals surface area contributed by atoms with Crippen molar-refractivity contribution in [3.8, 4) is 0 Å². The Kier molecular flexibility index (Phi) is 5.52. The van der Waals surface area contributed by atoms with Crippen LogP contribution in [0.5, 0.6) is 0 Å². The van der Waals surface area contributed by atoms with Crippen molar-refractivity contribution in [3.63, 3.8) is 0 Å². The minimum absolute atomic E-state index is 0.0498. The molecule has 1 unspecified atom stereocenters. The van der Waals surface area contributed by atoms with Crippen LogP contribution in [0.15, 0.2) is 0 Å². The van der Waals surface area contributed by atoms with Crippen LogP contribution >= 0.6 is 0 Å². The van der Waals surface area contributed by atoms with Gasteiger partial charge in [0.25, 0.3) is 10.1 Å². The Morgan fingerprint density at radius 1 is 1.35 bits per heavy atom. The number of hydrogen-bond acceptors (Lipinski definition) is 5. The lowest BCUT2D eigenvalue weighted by molar-refractivity contribution is 0.00832. The summed E-state index contributed by atoms with van der Waals surface area (Å²) in [6, 6.07) is -0.432. The van der Waals surface area contributed by atoms with Crippen LogP contribution in [-0.4, -0.2) is 55.7 Å². The average Bonchev–Trinajstić information content (AvgIpc) is 2.52. The summed E-state index contributed by atoms with van der Waals surface area (Å²) in [4.78, 5) is 0. The van der Waals surface area contributed by atoms with Crippen molar-refractivity contribution >= 4 is 26.3 Å². The SMILES string of the molecule is [B][C@H]1CC(O[Si](C)(C)C(C)(C)C)[C@@H](COS(C)(=O)=O)O1. The zero-order chi connectivity index (χ0) is 15.8. The third kappa shape index (κ3) is 5.14. The highest BCUT2D eigenvalue weighted by Gasteiger charge is 2.43. The van der Waals surface area contributed by atoms with E-state index < -0.39 is 30.5 Å². The molecule has 0 N–H and O–H groups in total. The molecule has 1 saturated heterocycles. The van der Waals surface area contributed by atoms with E-state index in [1.165, 1.54) is 0 Å². The van der Waals surface area contributed by atoms with Crippen molar-refractivity contribution < 1.29 is 21.8 Å². The molecule has 1 heterocycles. The lowest BCUT2D eigenvalue weighted by Crippen LogP contribution is -2.46. The third-order valence-corrected chi connectivity index (χ3v) is 9.00. The highest BCUT2D eigenvalue weighted by molar-refractivity contribution is 7.85. The number of ether oxygens (including phenoxy) is 1. The van der Waals surface area contributed by atoms with Gasteiger partial charge in [0.05, 0.1) is 19.0 Å². The lowest BCUT2D eigenvalue weighted by Gasteiger charge is -2.39. The van der Waals surface area contributed by atoms with E-state index in [-0.39, 0.29) is 17.7 Å². The highest BCUT2D eigenvalue weighted by Crippen LogP contribution is 2.39. The maximum absolute atomic E-state index is 11.1. The molecule has 3 atom stereocenters. The Balaban J connectivity index is 2.72. The largest absolute Gasteiger partial charge is 0.411 e. The molecular formula is C12H25BO5SSi. The summed E-state index contributed by atoms with van der Waals surface area (Å²) < 4.78 is 38.8. The number of hydrogen-bond donors (Lipinski definition) is 0. The zero-order valence-electron chi connectivity index (χ0n) is 13.2. The summed E-state index contributed by atoms with van der Waals surface area (Å²) in [6.07, 6.45) is 0.928. The Hall–Kier alpha value is 0.112. The van der Waals surface area contributed by atoms with Gasteiger partial charge < -0.3 is 9.16 Å². The fourth-order valence-electron chi connectivity index (χ4n) is 1.76. The molecule has 1 fully saturated rings. The van der Waals surface area contributed by atoms with E-state index in [0.29, 0.717) is 6.42 Å². The molecule has 1 aliphatic rings. The molecule has 20 heavy (non-hydrogen) atoms. The van der Waals surface area contributed by atoms with Gasteiger partial charge in [-0.1, -0.05) is 20.8 Å². The molecular weight excluding hydrogens is 295 g/mol. The summed E-state index contributed by atoms with van der Waals surface area (Å²) in [7, 11) is 0.345. The van der Waals surface area contributed by atoms with Crippen LogP contribution in [0.1, 0.15) is 27.2 Å². The Morgan fingerprint density at radius 2 is 1.90 bits per heavy atom. The topological polar surface area (TPSA) is 61.8 Å².